The molecule has 0 aromatic rings. The van der Waals surface area contributed by atoms with E-state index in [9.17, 15) is 0 Å². The quantitative estimate of drug-likeness (QED) is 0.602. The third-order valence-corrected chi connectivity index (χ3v) is 3.80. The lowest BCUT2D eigenvalue weighted by atomic mass is 9.90. The maximum Gasteiger partial charge on any atom is -0.00162 e. The summed E-state index contributed by atoms with van der Waals surface area (Å²) >= 11 is 0. The zero-order chi connectivity index (χ0) is 11.1. The first-order chi connectivity index (χ1) is 7.22. The second kappa shape index (κ2) is 7.27. The average Bonchev–Trinajstić information content (AvgIpc) is 2.25. The summed E-state index contributed by atoms with van der Waals surface area (Å²) in [5, 5.41) is 0. The molecule has 1 saturated heterocycles. The van der Waals surface area contributed by atoms with Crippen LogP contribution in [0.2, 0.25) is 0 Å². The van der Waals surface area contributed by atoms with Crippen molar-refractivity contribution in [3.8, 4) is 0 Å². The molecule has 1 heterocycles. The second-order valence-corrected chi connectivity index (χ2v) is 5.56. The Morgan fingerprint density at radius 3 is 2.33 bits per heavy atom. The van der Waals surface area contributed by atoms with E-state index in [0.29, 0.717) is 0 Å². The Bertz CT molecular complexity index is 145. The predicted octanol–water partition coefficient (Wildman–Crippen LogP) is 3.93. The highest BCUT2D eigenvalue weighted by Gasteiger charge is 2.17. The molecule has 0 atom stereocenters. The maximum atomic E-state index is 2.59. The van der Waals surface area contributed by atoms with Crippen molar-refractivity contribution < 1.29 is 0 Å². The maximum absolute atomic E-state index is 2.59. The lowest BCUT2D eigenvalue weighted by molar-refractivity contribution is 0.184. The van der Waals surface area contributed by atoms with Crippen molar-refractivity contribution in [1.29, 1.82) is 0 Å². The minimum absolute atomic E-state index is 0.895. The van der Waals surface area contributed by atoms with Crippen LogP contribution in [-0.4, -0.2) is 24.5 Å². The molecule has 1 heteroatoms. The van der Waals surface area contributed by atoms with Gasteiger partial charge in [0.05, 0.1) is 0 Å². The predicted molar refractivity (Wildman–Crippen MR) is 68.1 cm³/mol. The number of rotatable bonds is 6. The molecule has 0 aromatic carbocycles. The molecule has 0 aromatic heterocycles. The van der Waals surface area contributed by atoms with Gasteiger partial charge in [-0.05, 0) is 44.3 Å². The Balaban J connectivity index is 1.99. The van der Waals surface area contributed by atoms with Crippen LogP contribution in [-0.2, 0) is 0 Å². The molecule has 1 aliphatic rings. The fraction of sp³-hybridized carbons (Fsp3) is 1.00. The number of nitrogens with zero attached hydrogens (tertiary/aromatic N) is 1. The van der Waals surface area contributed by atoms with Crippen LogP contribution in [0.25, 0.3) is 0 Å². The molecule has 0 bridgehead atoms. The van der Waals surface area contributed by atoms with Gasteiger partial charge in [-0.15, -0.1) is 0 Å². The standard InChI is InChI=1S/C14H29N/c1-4-15-11-9-14(10-12-15)8-6-5-7-13(2)3/h13-14H,4-12H2,1-3H3. The first kappa shape index (κ1) is 13.0. The Hall–Kier alpha value is -0.0400. The van der Waals surface area contributed by atoms with Crippen molar-refractivity contribution in [2.75, 3.05) is 19.6 Å². The van der Waals surface area contributed by atoms with E-state index in [4.69, 9.17) is 0 Å². The number of likely N-dealkylation sites (tertiary alicyclic amines) is 1. The van der Waals surface area contributed by atoms with Crippen molar-refractivity contribution in [3.05, 3.63) is 0 Å². The van der Waals surface area contributed by atoms with Crippen LogP contribution in [0.4, 0.5) is 0 Å². The summed E-state index contributed by atoms with van der Waals surface area (Å²) in [7, 11) is 0. The first-order valence-electron chi connectivity index (χ1n) is 6.94. The summed E-state index contributed by atoms with van der Waals surface area (Å²) in [6, 6.07) is 0. The average molecular weight is 211 g/mol. The van der Waals surface area contributed by atoms with Crippen LogP contribution < -0.4 is 0 Å². The second-order valence-electron chi connectivity index (χ2n) is 5.56. The van der Waals surface area contributed by atoms with Crippen LogP contribution in [0, 0.1) is 11.8 Å². The summed E-state index contributed by atoms with van der Waals surface area (Å²) in [5.74, 6) is 1.94. The summed E-state index contributed by atoms with van der Waals surface area (Å²) in [6.45, 7) is 10.9. The van der Waals surface area contributed by atoms with Gasteiger partial charge in [0.1, 0.15) is 0 Å². The van der Waals surface area contributed by atoms with Gasteiger partial charge in [0, 0.05) is 0 Å². The van der Waals surface area contributed by atoms with Gasteiger partial charge in [-0.25, -0.2) is 0 Å². The van der Waals surface area contributed by atoms with E-state index in [-0.39, 0.29) is 0 Å². The van der Waals surface area contributed by atoms with Gasteiger partial charge in [-0.3, -0.25) is 0 Å². The summed E-state index contributed by atoms with van der Waals surface area (Å²) in [4.78, 5) is 2.59. The highest BCUT2D eigenvalue weighted by Crippen LogP contribution is 2.23. The smallest absolute Gasteiger partial charge is 0.00162 e. The molecule has 1 nitrogen and oxygen atoms in total. The molecule has 0 spiro atoms. The molecule has 0 amide bonds. The molecule has 1 aliphatic heterocycles. The van der Waals surface area contributed by atoms with Crippen LogP contribution in [0.15, 0.2) is 0 Å². The number of hydrogen-bond donors (Lipinski definition) is 0. The molecule has 0 N–H and O–H groups in total. The van der Waals surface area contributed by atoms with Gasteiger partial charge in [-0.1, -0.05) is 46.5 Å². The zero-order valence-electron chi connectivity index (χ0n) is 11.0. The number of piperidine rings is 1. The minimum atomic E-state index is 0.895. The van der Waals surface area contributed by atoms with Crippen LogP contribution in [0.5, 0.6) is 0 Å². The SMILES string of the molecule is CCN1CCC(CCCCC(C)C)CC1. The van der Waals surface area contributed by atoms with E-state index in [1.165, 1.54) is 58.2 Å². The Morgan fingerprint density at radius 2 is 1.80 bits per heavy atom. The van der Waals surface area contributed by atoms with E-state index in [0.717, 1.165) is 11.8 Å². The molecule has 1 fully saturated rings. The molecule has 15 heavy (non-hydrogen) atoms. The lowest BCUT2D eigenvalue weighted by Gasteiger charge is -2.31. The van der Waals surface area contributed by atoms with Gasteiger partial charge in [0.15, 0.2) is 0 Å². The molecule has 90 valence electrons. The van der Waals surface area contributed by atoms with Crippen molar-refractivity contribution in [2.24, 2.45) is 11.8 Å². The lowest BCUT2D eigenvalue weighted by Crippen LogP contribution is -2.33. The van der Waals surface area contributed by atoms with E-state index < -0.39 is 0 Å². The highest BCUT2D eigenvalue weighted by atomic mass is 15.1. The third-order valence-electron chi connectivity index (χ3n) is 3.80. The van der Waals surface area contributed by atoms with E-state index in [1.807, 2.05) is 0 Å². The molecule has 0 radical (unpaired) electrons. The Labute approximate surface area is 96.2 Å². The van der Waals surface area contributed by atoms with E-state index >= 15 is 0 Å². The van der Waals surface area contributed by atoms with E-state index in [2.05, 4.69) is 25.7 Å². The van der Waals surface area contributed by atoms with Gasteiger partial charge in [0.25, 0.3) is 0 Å². The van der Waals surface area contributed by atoms with Crippen molar-refractivity contribution in [1.82, 2.24) is 4.90 Å². The summed E-state index contributed by atoms with van der Waals surface area (Å²) in [6.07, 6.45) is 8.74. The molecule has 1 rings (SSSR count). The molecule has 0 aliphatic carbocycles. The summed E-state index contributed by atoms with van der Waals surface area (Å²) in [5.41, 5.74) is 0. The molecular formula is C14H29N. The van der Waals surface area contributed by atoms with Gasteiger partial charge >= 0.3 is 0 Å². The van der Waals surface area contributed by atoms with Crippen LogP contribution in [0.1, 0.15) is 59.3 Å². The van der Waals surface area contributed by atoms with Gasteiger partial charge in [-0.2, -0.15) is 0 Å². The molecule has 0 saturated carbocycles. The minimum Gasteiger partial charge on any atom is -0.304 e. The normalized spacial score (nSPS) is 20.0. The van der Waals surface area contributed by atoms with Crippen LogP contribution in [0.3, 0.4) is 0 Å². The number of hydrogen-bond acceptors (Lipinski definition) is 1. The molecular weight excluding hydrogens is 182 g/mol. The van der Waals surface area contributed by atoms with Crippen molar-refractivity contribution in [3.63, 3.8) is 0 Å². The topological polar surface area (TPSA) is 3.24 Å². The fourth-order valence-corrected chi connectivity index (χ4v) is 2.58. The van der Waals surface area contributed by atoms with Gasteiger partial charge < -0.3 is 4.90 Å². The Kier molecular flexibility index (Phi) is 6.31. The van der Waals surface area contributed by atoms with Crippen LogP contribution >= 0.6 is 0 Å². The van der Waals surface area contributed by atoms with E-state index in [1.54, 1.807) is 0 Å². The van der Waals surface area contributed by atoms with Crippen molar-refractivity contribution >= 4 is 0 Å². The Morgan fingerprint density at radius 1 is 1.13 bits per heavy atom. The van der Waals surface area contributed by atoms with Crippen molar-refractivity contribution in [2.45, 2.75) is 59.3 Å². The fourth-order valence-electron chi connectivity index (χ4n) is 2.58. The summed E-state index contributed by atoms with van der Waals surface area (Å²) < 4.78 is 0. The number of unbranched alkanes of at least 4 members (excludes halogenated alkanes) is 1. The zero-order valence-corrected chi connectivity index (χ0v) is 11.0. The highest BCUT2D eigenvalue weighted by molar-refractivity contribution is 4.71. The largest absolute Gasteiger partial charge is 0.304 e. The third kappa shape index (κ3) is 5.55. The molecule has 0 unspecified atom stereocenters. The first-order valence-corrected chi connectivity index (χ1v) is 6.94. The monoisotopic (exact) mass is 211 g/mol. The van der Waals surface area contributed by atoms with Gasteiger partial charge in [0.2, 0.25) is 0 Å².